The Morgan fingerprint density at radius 2 is 1.68 bits per heavy atom. The molecule has 0 saturated heterocycles. The first-order valence-corrected chi connectivity index (χ1v) is 6.14. The molecule has 19 heavy (non-hydrogen) atoms. The zero-order valence-electron chi connectivity index (χ0n) is 10.4. The second-order valence-corrected chi connectivity index (χ2v) is 4.17. The minimum Gasteiger partial charge on any atom is -0.373 e. The number of aromatic nitrogens is 2. The molecule has 3 aromatic rings. The molecule has 0 spiro atoms. The first kappa shape index (κ1) is 11.5. The number of nitrogens with zero attached hydrogens (tertiary/aromatic N) is 2. The van der Waals surface area contributed by atoms with Crippen LogP contribution in [0.4, 0.5) is 0 Å². The fraction of sp³-hybridized carbons (Fsp3) is 0.0667. The van der Waals surface area contributed by atoms with Gasteiger partial charge in [0.2, 0.25) is 0 Å². The smallest absolute Gasteiger partial charge is 0.116 e. The van der Waals surface area contributed by atoms with Crippen molar-refractivity contribution < 1.29 is 0 Å². The molecule has 0 fully saturated rings. The van der Waals surface area contributed by atoms with E-state index in [1.165, 1.54) is 10.8 Å². The molecule has 2 heterocycles. The summed E-state index contributed by atoms with van der Waals surface area (Å²) < 4.78 is 0. The van der Waals surface area contributed by atoms with Gasteiger partial charge < -0.3 is 10.6 Å². The second kappa shape index (κ2) is 5.35. The number of benzene rings is 2. The minimum absolute atomic E-state index is 0.889. The largest absolute Gasteiger partial charge is 0.373 e. The fourth-order valence-electron chi connectivity index (χ4n) is 2.02. The summed E-state index contributed by atoms with van der Waals surface area (Å²) in [5.74, 6) is 0. The number of nitrogens with one attached hydrogen (secondary N) is 2. The predicted octanol–water partition coefficient (Wildman–Crippen LogP) is 2.39. The van der Waals surface area contributed by atoms with Crippen molar-refractivity contribution in [3.05, 3.63) is 61.3 Å². The molecule has 4 nitrogen and oxygen atoms in total. The lowest BCUT2D eigenvalue weighted by molar-refractivity contribution is 0.836. The van der Waals surface area contributed by atoms with E-state index < -0.39 is 0 Å². The summed E-state index contributed by atoms with van der Waals surface area (Å²) >= 11 is 0. The molecule has 0 bridgehead atoms. The molecule has 94 valence electrons. The number of fused-ring (bicyclic) bond motifs is 3. The summed E-state index contributed by atoms with van der Waals surface area (Å²) in [6.45, 7) is 0.889. The summed E-state index contributed by atoms with van der Waals surface area (Å²) in [7, 11) is 0. The van der Waals surface area contributed by atoms with E-state index in [1.54, 1.807) is 6.33 Å². The van der Waals surface area contributed by atoms with Crippen LogP contribution in [0.2, 0.25) is 0 Å². The van der Waals surface area contributed by atoms with Crippen molar-refractivity contribution in [2.75, 3.05) is 6.67 Å². The number of rotatable bonds is 0. The molecule has 0 unspecified atom stereocenters. The molecule has 2 aromatic carbocycles. The summed E-state index contributed by atoms with van der Waals surface area (Å²) in [6, 6.07) is 12.4. The van der Waals surface area contributed by atoms with Gasteiger partial charge in [0.25, 0.3) is 0 Å². The third-order valence-corrected chi connectivity index (χ3v) is 2.92. The highest BCUT2D eigenvalue weighted by atomic mass is 15.1. The zero-order valence-corrected chi connectivity index (χ0v) is 10.4. The Balaban J connectivity index is 0.000000187. The van der Waals surface area contributed by atoms with Gasteiger partial charge in [-0.15, -0.1) is 0 Å². The lowest BCUT2D eigenvalue weighted by Gasteiger charge is -2.00. The summed E-state index contributed by atoms with van der Waals surface area (Å²) in [4.78, 5) is 8.31. The van der Waals surface area contributed by atoms with Crippen molar-refractivity contribution in [1.29, 1.82) is 0 Å². The van der Waals surface area contributed by atoms with Gasteiger partial charge >= 0.3 is 0 Å². The van der Waals surface area contributed by atoms with Crippen LogP contribution in [0.15, 0.2) is 61.3 Å². The third kappa shape index (κ3) is 2.47. The van der Waals surface area contributed by atoms with Gasteiger partial charge in [-0.05, 0) is 5.39 Å². The third-order valence-electron chi connectivity index (χ3n) is 2.92. The van der Waals surface area contributed by atoms with Gasteiger partial charge in [-0.2, -0.15) is 0 Å². The zero-order chi connectivity index (χ0) is 12.9. The van der Waals surface area contributed by atoms with E-state index in [9.17, 15) is 0 Å². The molecule has 4 rings (SSSR count). The molecular weight excluding hydrogens is 236 g/mol. The topological polar surface area (TPSA) is 49.8 Å². The molecule has 0 atom stereocenters. The van der Waals surface area contributed by atoms with E-state index in [2.05, 4.69) is 44.9 Å². The van der Waals surface area contributed by atoms with Crippen molar-refractivity contribution in [3.8, 4) is 0 Å². The van der Waals surface area contributed by atoms with Crippen molar-refractivity contribution >= 4 is 21.7 Å². The van der Waals surface area contributed by atoms with Gasteiger partial charge in [0.15, 0.2) is 0 Å². The van der Waals surface area contributed by atoms with Crippen molar-refractivity contribution in [2.45, 2.75) is 0 Å². The van der Waals surface area contributed by atoms with Crippen LogP contribution < -0.4 is 10.6 Å². The predicted molar refractivity (Wildman–Crippen MR) is 77.3 cm³/mol. The molecular formula is C15H14N4. The summed E-state index contributed by atoms with van der Waals surface area (Å²) in [5.41, 5.74) is 1.03. The lowest BCUT2D eigenvalue weighted by atomic mass is 10.1. The maximum absolute atomic E-state index is 4.30. The normalized spacial score (nSPS) is 12.6. The Labute approximate surface area is 111 Å². The fourth-order valence-corrected chi connectivity index (χ4v) is 2.02. The SMILES string of the molecule is C1=CNCN1.c1ccc2c(c1)ccc1cncnc12. The summed E-state index contributed by atoms with van der Waals surface area (Å²) in [5, 5.41) is 9.36. The Hall–Kier alpha value is -2.62. The molecule has 0 saturated carbocycles. The average molecular weight is 250 g/mol. The van der Waals surface area contributed by atoms with Crippen LogP contribution in [0.1, 0.15) is 0 Å². The van der Waals surface area contributed by atoms with Gasteiger partial charge in [0, 0.05) is 29.4 Å². The first-order chi connectivity index (χ1) is 9.45. The maximum atomic E-state index is 4.30. The van der Waals surface area contributed by atoms with E-state index in [0.29, 0.717) is 0 Å². The Morgan fingerprint density at radius 3 is 2.47 bits per heavy atom. The van der Waals surface area contributed by atoms with Gasteiger partial charge in [-0.25, -0.2) is 9.97 Å². The van der Waals surface area contributed by atoms with Gasteiger partial charge in [0.1, 0.15) is 6.33 Å². The van der Waals surface area contributed by atoms with Gasteiger partial charge in [-0.1, -0.05) is 36.4 Å². The first-order valence-electron chi connectivity index (χ1n) is 6.14. The molecule has 0 amide bonds. The molecule has 0 radical (unpaired) electrons. The monoisotopic (exact) mass is 250 g/mol. The standard InChI is InChI=1S/C12H8N2.C3H6N2/c1-2-4-11-9(3-1)5-6-10-7-13-8-14-12(10)11;1-2-5-3-4-1/h1-8H;1-2,4-5H,3H2. The Bertz CT molecular complexity index is 660. The molecule has 2 N–H and O–H groups in total. The summed E-state index contributed by atoms with van der Waals surface area (Å²) in [6.07, 6.45) is 7.18. The highest BCUT2D eigenvalue weighted by Crippen LogP contribution is 2.21. The second-order valence-electron chi connectivity index (χ2n) is 4.17. The minimum atomic E-state index is 0.889. The maximum Gasteiger partial charge on any atom is 0.116 e. The molecule has 1 aliphatic rings. The van der Waals surface area contributed by atoms with Crippen molar-refractivity contribution in [3.63, 3.8) is 0 Å². The van der Waals surface area contributed by atoms with Crippen LogP contribution in [0.25, 0.3) is 21.7 Å². The van der Waals surface area contributed by atoms with Gasteiger partial charge in [0.05, 0.1) is 12.2 Å². The Morgan fingerprint density at radius 1 is 0.895 bits per heavy atom. The van der Waals surface area contributed by atoms with E-state index >= 15 is 0 Å². The molecule has 1 aromatic heterocycles. The highest BCUT2D eigenvalue weighted by Gasteiger charge is 1.99. The van der Waals surface area contributed by atoms with Crippen LogP contribution in [-0.2, 0) is 0 Å². The van der Waals surface area contributed by atoms with E-state index in [0.717, 1.165) is 17.6 Å². The van der Waals surface area contributed by atoms with Crippen LogP contribution in [0.5, 0.6) is 0 Å². The van der Waals surface area contributed by atoms with E-state index in [1.807, 2.05) is 30.7 Å². The van der Waals surface area contributed by atoms with Crippen molar-refractivity contribution in [2.24, 2.45) is 0 Å². The van der Waals surface area contributed by atoms with Crippen LogP contribution in [0.3, 0.4) is 0 Å². The Kier molecular flexibility index (Phi) is 3.23. The quantitative estimate of drug-likeness (QED) is 0.601. The number of hydrogen-bond acceptors (Lipinski definition) is 4. The lowest BCUT2D eigenvalue weighted by Crippen LogP contribution is -2.10. The van der Waals surface area contributed by atoms with Crippen LogP contribution in [0, 0.1) is 0 Å². The van der Waals surface area contributed by atoms with Crippen LogP contribution >= 0.6 is 0 Å². The van der Waals surface area contributed by atoms with E-state index in [4.69, 9.17) is 0 Å². The number of hydrogen-bond donors (Lipinski definition) is 2. The molecule has 1 aliphatic heterocycles. The molecule has 0 aliphatic carbocycles. The average Bonchev–Trinajstić information content (AvgIpc) is 3.07. The van der Waals surface area contributed by atoms with Crippen LogP contribution in [-0.4, -0.2) is 16.6 Å². The van der Waals surface area contributed by atoms with E-state index in [-0.39, 0.29) is 0 Å². The highest BCUT2D eigenvalue weighted by molar-refractivity contribution is 6.04. The molecule has 4 heteroatoms. The van der Waals surface area contributed by atoms with Gasteiger partial charge in [-0.3, -0.25) is 0 Å². The van der Waals surface area contributed by atoms with Crippen molar-refractivity contribution in [1.82, 2.24) is 20.6 Å².